The van der Waals surface area contributed by atoms with E-state index in [1.54, 1.807) is 6.92 Å². The molecule has 0 radical (unpaired) electrons. The van der Waals surface area contributed by atoms with Crippen molar-refractivity contribution in [1.29, 1.82) is 0 Å². The van der Waals surface area contributed by atoms with Gasteiger partial charge in [-0.2, -0.15) is 0 Å². The standard InChI is InChI=1S/C11H15N3O2/c1-6(14-12)8-3-4-10-9(5-8)13-11(15)7(2)16-10/h3-7,14H,12H2,1-2H3,(H,13,15). The van der Waals surface area contributed by atoms with Crippen LogP contribution in [0.25, 0.3) is 0 Å². The number of rotatable bonds is 2. The van der Waals surface area contributed by atoms with E-state index >= 15 is 0 Å². The first-order chi connectivity index (χ1) is 7.61. The number of ether oxygens (including phenoxy) is 1. The van der Waals surface area contributed by atoms with E-state index in [-0.39, 0.29) is 11.9 Å². The fourth-order valence-corrected chi connectivity index (χ4v) is 1.59. The minimum absolute atomic E-state index is 0.0292. The van der Waals surface area contributed by atoms with E-state index in [0.29, 0.717) is 11.4 Å². The predicted molar refractivity (Wildman–Crippen MR) is 60.9 cm³/mol. The van der Waals surface area contributed by atoms with E-state index in [4.69, 9.17) is 10.6 Å². The van der Waals surface area contributed by atoms with E-state index in [9.17, 15) is 4.79 Å². The van der Waals surface area contributed by atoms with Crippen LogP contribution < -0.4 is 21.3 Å². The molecule has 0 bridgehead atoms. The molecule has 5 heteroatoms. The van der Waals surface area contributed by atoms with Gasteiger partial charge in [-0.1, -0.05) is 6.07 Å². The molecule has 1 aromatic carbocycles. The third-order valence-electron chi connectivity index (χ3n) is 2.68. The van der Waals surface area contributed by atoms with Gasteiger partial charge in [-0.25, -0.2) is 0 Å². The minimum atomic E-state index is -0.441. The van der Waals surface area contributed by atoms with Crippen molar-refractivity contribution in [1.82, 2.24) is 5.43 Å². The largest absolute Gasteiger partial charge is 0.479 e. The number of anilines is 1. The van der Waals surface area contributed by atoms with Crippen LogP contribution in [0.2, 0.25) is 0 Å². The first-order valence-electron chi connectivity index (χ1n) is 5.19. The Labute approximate surface area is 93.9 Å². The maximum atomic E-state index is 11.4. The normalized spacial score (nSPS) is 20.7. The monoisotopic (exact) mass is 221 g/mol. The van der Waals surface area contributed by atoms with Crippen LogP contribution in [0.1, 0.15) is 25.5 Å². The average molecular weight is 221 g/mol. The molecule has 0 spiro atoms. The van der Waals surface area contributed by atoms with E-state index in [0.717, 1.165) is 5.56 Å². The Morgan fingerprint density at radius 3 is 3.00 bits per heavy atom. The van der Waals surface area contributed by atoms with Crippen LogP contribution >= 0.6 is 0 Å². The second-order valence-electron chi connectivity index (χ2n) is 3.89. The molecule has 0 saturated heterocycles. The molecule has 1 aliphatic heterocycles. The summed E-state index contributed by atoms with van der Waals surface area (Å²) in [6.45, 7) is 3.66. The van der Waals surface area contributed by atoms with Gasteiger partial charge in [0, 0.05) is 6.04 Å². The van der Waals surface area contributed by atoms with Crippen molar-refractivity contribution >= 4 is 11.6 Å². The van der Waals surface area contributed by atoms with Gasteiger partial charge >= 0.3 is 0 Å². The van der Waals surface area contributed by atoms with Crippen molar-refractivity contribution in [2.75, 3.05) is 5.32 Å². The molecule has 2 unspecified atom stereocenters. The highest BCUT2D eigenvalue weighted by atomic mass is 16.5. The Bertz CT molecular complexity index is 420. The lowest BCUT2D eigenvalue weighted by Gasteiger charge is -2.24. The lowest BCUT2D eigenvalue weighted by atomic mass is 10.1. The fourth-order valence-electron chi connectivity index (χ4n) is 1.59. The molecule has 16 heavy (non-hydrogen) atoms. The molecule has 0 aromatic heterocycles. The number of amides is 1. The van der Waals surface area contributed by atoms with Crippen LogP contribution in [0.15, 0.2) is 18.2 Å². The molecule has 1 heterocycles. The van der Waals surface area contributed by atoms with E-state index in [1.165, 1.54) is 0 Å². The number of nitrogens with two attached hydrogens (primary N) is 1. The van der Waals surface area contributed by atoms with Crippen LogP contribution in [-0.2, 0) is 4.79 Å². The summed E-state index contributed by atoms with van der Waals surface area (Å²) in [5.74, 6) is 5.93. The number of carbonyl (C=O) groups excluding carboxylic acids is 1. The van der Waals surface area contributed by atoms with Gasteiger partial charge < -0.3 is 10.1 Å². The van der Waals surface area contributed by atoms with E-state index in [2.05, 4.69) is 10.7 Å². The number of fused-ring (bicyclic) bond motifs is 1. The van der Waals surface area contributed by atoms with Crippen molar-refractivity contribution in [3.05, 3.63) is 23.8 Å². The van der Waals surface area contributed by atoms with Gasteiger partial charge in [0.05, 0.1) is 5.69 Å². The highest BCUT2D eigenvalue weighted by molar-refractivity contribution is 5.97. The van der Waals surface area contributed by atoms with Crippen molar-refractivity contribution in [3.63, 3.8) is 0 Å². The van der Waals surface area contributed by atoms with Crippen LogP contribution in [0.4, 0.5) is 5.69 Å². The third kappa shape index (κ3) is 1.87. The summed E-state index contributed by atoms with van der Waals surface area (Å²) >= 11 is 0. The second kappa shape index (κ2) is 4.11. The number of hydrogen-bond donors (Lipinski definition) is 3. The molecule has 1 aliphatic rings. The summed E-state index contributed by atoms with van der Waals surface area (Å²) in [6.07, 6.45) is -0.441. The summed E-state index contributed by atoms with van der Waals surface area (Å²) in [5.41, 5.74) is 4.35. The van der Waals surface area contributed by atoms with Gasteiger partial charge in [-0.3, -0.25) is 16.1 Å². The fraction of sp³-hybridized carbons (Fsp3) is 0.364. The summed E-state index contributed by atoms with van der Waals surface area (Å²) in [7, 11) is 0. The van der Waals surface area contributed by atoms with Crippen LogP contribution in [-0.4, -0.2) is 12.0 Å². The molecule has 0 aliphatic carbocycles. The summed E-state index contributed by atoms with van der Waals surface area (Å²) in [5, 5.41) is 2.80. The second-order valence-corrected chi connectivity index (χ2v) is 3.89. The number of carbonyl (C=O) groups is 1. The summed E-state index contributed by atoms with van der Waals surface area (Å²) < 4.78 is 5.45. The van der Waals surface area contributed by atoms with Gasteiger partial charge in [-0.15, -0.1) is 0 Å². The van der Waals surface area contributed by atoms with Gasteiger partial charge in [-0.05, 0) is 31.5 Å². The Morgan fingerprint density at radius 2 is 2.31 bits per heavy atom. The SMILES string of the molecule is CC1Oc2ccc(C(C)NN)cc2NC1=O. The third-order valence-corrected chi connectivity index (χ3v) is 2.68. The van der Waals surface area contributed by atoms with E-state index in [1.807, 2.05) is 25.1 Å². The van der Waals surface area contributed by atoms with Gasteiger partial charge in [0.1, 0.15) is 5.75 Å². The number of hydrazine groups is 1. The van der Waals surface area contributed by atoms with Crippen LogP contribution in [0.5, 0.6) is 5.75 Å². The van der Waals surface area contributed by atoms with Crippen molar-refractivity contribution in [3.8, 4) is 5.75 Å². The Balaban J connectivity index is 2.32. The molecule has 86 valence electrons. The van der Waals surface area contributed by atoms with E-state index < -0.39 is 6.10 Å². The summed E-state index contributed by atoms with van der Waals surface area (Å²) in [6, 6.07) is 5.66. The van der Waals surface area contributed by atoms with Crippen LogP contribution in [0.3, 0.4) is 0 Å². The van der Waals surface area contributed by atoms with Crippen molar-refractivity contribution in [2.45, 2.75) is 26.0 Å². The number of benzene rings is 1. The number of hydrogen-bond acceptors (Lipinski definition) is 4. The lowest BCUT2D eigenvalue weighted by Crippen LogP contribution is -2.34. The molecule has 4 N–H and O–H groups in total. The zero-order chi connectivity index (χ0) is 11.7. The smallest absolute Gasteiger partial charge is 0.265 e. The molecule has 2 rings (SSSR count). The topological polar surface area (TPSA) is 76.4 Å². The highest BCUT2D eigenvalue weighted by Gasteiger charge is 2.23. The summed E-state index contributed by atoms with van der Waals surface area (Å²) in [4.78, 5) is 11.4. The first-order valence-corrected chi connectivity index (χ1v) is 5.19. The van der Waals surface area contributed by atoms with Crippen LogP contribution in [0, 0.1) is 0 Å². The van der Waals surface area contributed by atoms with Crippen molar-refractivity contribution in [2.24, 2.45) is 5.84 Å². The minimum Gasteiger partial charge on any atom is -0.479 e. The Kier molecular flexibility index (Phi) is 2.80. The zero-order valence-corrected chi connectivity index (χ0v) is 9.28. The van der Waals surface area contributed by atoms with Gasteiger partial charge in [0.2, 0.25) is 0 Å². The Hall–Kier alpha value is -1.59. The average Bonchev–Trinajstić information content (AvgIpc) is 2.29. The maximum Gasteiger partial charge on any atom is 0.265 e. The molecule has 5 nitrogen and oxygen atoms in total. The molecular formula is C11H15N3O2. The Morgan fingerprint density at radius 1 is 1.56 bits per heavy atom. The highest BCUT2D eigenvalue weighted by Crippen LogP contribution is 2.31. The van der Waals surface area contributed by atoms with Gasteiger partial charge in [0.25, 0.3) is 5.91 Å². The quantitative estimate of drug-likeness (QED) is 0.513. The van der Waals surface area contributed by atoms with Crippen molar-refractivity contribution < 1.29 is 9.53 Å². The first kappa shape index (κ1) is 10.9. The molecular weight excluding hydrogens is 206 g/mol. The lowest BCUT2D eigenvalue weighted by molar-refractivity contribution is -0.122. The zero-order valence-electron chi connectivity index (χ0n) is 9.28. The number of nitrogens with one attached hydrogen (secondary N) is 2. The molecule has 0 fully saturated rings. The molecule has 1 aromatic rings. The molecule has 1 amide bonds. The predicted octanol–water partition coefficient (Wildman–Crippen LogP) is 0.930. The maximum absolute atomic E-state index is 11.4. The molecule has 0 saturated carbocycles. The molecule has 2 atom stereocenters. The van der Waals surface area contributed by atoms with Gasteiger partial charge in [0.15, 0.2) is 6.10 Å².